The molecule has 0 aromatic rings. The second-order valence-corrected chi connectivity index (χ2v) is 6.70. The van der Waals surface area contributed by atoms with E-state index in [1.165, 1.54) is 0 Å². The van der Waals surface area contributed by atoms with Crippen LogP contribution in [0.4, 0.5) is 0 Å². The van der Waals surface area contributed by atoms with E-state index < -0.39 is 0 Å². The Balaban J connectivity index is 2.11. The van der Waals surface area contributed by atoms with Crippen LogP contribution in [0.25, 0.3) is 0 Å². The van der Waals surface area contributed by atoms with Crippen molar-refractivity contribution in [2.75, 3.05) is 6.54 Å². The van der Waals surface area contributed by atoms with Crippen molar-refractivity contribution in [1.29, 1.82) is 0 Å². The van der Waals surface area contributed by atoms with Crippen LogP contribution in [0.15, 0.2) is 0 Å². The molecule has 4 nitrogen and oxygen atoms in total. The molecule has 2 amide bonds. The SMILES string of the molecule is CC(C)CC1NC(=O)CN(C2CCC(C)C2C)C1=O. The third-order valence-electron chi connectivity index (χ3n) is 4.76. The fourth-order valence-electron chi connectivity index (χ4n) is 3.42. The van der Waals surface area contributed by atoms with Crippen LogP contribution < -0.4 is 5.32 Å². The van der Waals surface area contributed by atoms with Crippen molar-refractivity contribution in [3.63, 3.8) is 0 Å². The number of rotatable bonds is 3. The molecule has 0 bridgehead atoms. The van der Waals surface area contributed by atoms with Crippen LogP contribution in [0.5, 0.6) is 0 Å². The molecular weight excluding hydrogens is 240 g/mol. The highest BCUT2D eigenvalue weighted by Crippen LogP contribution is 2.35. The summed E-state index contributed by atoms with van der Waals surface area (Å²) < 4.78 is 0. The van der Waals surface area contributed by atoms with E-state index in [1.54, 1.807) is 0 Å². The van der Waals surface area contributed by atoms with Crippen molar-refractivity contribution in [3.05, 3.63) is 0 Å². The molecule has 108 valence electrons. The molecule has 4 heteroatoms. The Labute approximate surface area is 115 Å². The minimum Gasteiger partial charge on any atom is -0.343 e. The summed E-state index contributed by atoms with van der Waals surface area (Å²) in [6, 6.07) is -0.0624. The predicted octanol–water partition coefficient (Wildman–Crippen LogP) is 1.79. The zero-order chi connectivity index (χ0) is 14.2. The summed E-state index contributed by atoms with van der Waals surface area (Å²) in [6.07, 6.45) is 2.93. The first-order valence-electron chi connectivity index (χ1n) is 7.50. The zero-order valence-corrected chi connectivity index (χ0v) is 12.5. The molecule has 4 atom stereocenters. The van der Waals surface area contributed by atoms with Crippen molar-refractivity contribution >= 4 is 11.8 Å². The summed E-state index contributed by atoms with van der Waals surface area (Å²) >= 11 is 0. The van der Waals surface area contributed by atoms with Crippen molar-refractivity contribution in [1.82, 2.24) is 10.2 Å². The number of carbonyl (C=O) groups is 2. The molecule has 1 heterocycles. The lowest BCUT2D eigenvalue weighted by Crippen LogP contribution is -2.61. The van der Waals surface area contributed by atoms with Gasteiger partial charge in [0.25, 0.3) is 0 Å². The van der Waals surface area contributed by atoms with Gasteiger partial charge in [-0.2, -0.15) is 0 Å². The summed E-state index contributed by atoms with van der Waals surface area (Å²) in [5.41, 5.74) is 0. The van der Waals surface area contributed by atoms with E-state index in [0.29, 0.717) is 17.8 Å². The molecule has 1 N–H and O–H groups in total. The Morgan fingerprint density at radius 3 is 2.47 bits per heavy atom. The van der Waals surface area contributed by atoms with Gasteiger partial charge in [-0.05, 0) is 37.0 Å². The number of nitrogens with zero attached hydrogens (tertiary/aromatic N) is 1. The van der Waals surface area contributed by atoms with Gasteiger partial charge in [0.2, 0.25) is 11.8 Å². The molecule has 0 spiro atoms. The fraction of sp³-hybridized carbons (Fsp3) is 0.867. The highest BCUT2D eigenvalue weighted by Gasteiger charge is 2.41. The Bertz CT molecular complexity index is 367. The van der Waals surface area contributed by atoms with Crippen molar-refractivity contribution in [3.8, 4) is 0 Å². The molecule has 2 fully saturated rings. The monoisotopic (exact) mass is 266 g/mol. The van der Waals surface area contributed by atoms with Gasteiger partial charge in [-0.15, -0.1) is 0 Å². The number of amides is 2. The smallest absolute Gasteiger partial charge is 0.245 e. The second-order valence-electron chi connectivity index (χ2n) is 6.70. The van der Waals surface area contributed by atoms with Gasteiger partial charge in [0.1, 0.15) is 6.04 Å². The fourth-order valence-corrected chi connectivity index (χ4v) is 3.42. The van der Waals surface area contributed by atoms with E-state index in [9.17, 15) is 9.59 Å². The Morgan fingerprint density at radius 2 is 1.95 bits per heavy atom. The topological polar surface area (TPSA) is 49.4 Å². The standard InChI is InChI=1S/C15H26N2O2/c1-9(2)7-12-15(19)17(8-14(18)16-12)13-6-5-10(3)11(13)4/h9-13H,5-8H2,1-4H3,(H,16,18). The maximum Gasteiger partial charge on any atom is 0.245 e. The van der Waals surface area contributed by atoms with Gasteiger partial charge in [-0.1, -0.05) is 27.7 Å². The van der Waals surface area contributed by atoms with Gasteiger partial charge in [-0.3, -0.25) is 9.59 Å². The van der Waals surface area contributed by atoms with Gasteiger partial charge in [0, 0.05) is 6.04 Å². The zero-order valence-electron chi connectivity index (χ0n) is 12.5. The Kier molecular flexibility index (Phi) is 4.16. The van der Waals surface area contributed by atoms with E-state index in [0.717, 1.165) is 19.3 Å². The van der Waals surface area contributed by atoms with E-state index in [4.69, 9.17) is 0 Å². The van der Waals surface area contributed by atoms with Crippen LogP contribution in [0.2, 0.25) is 0 Å². The summed E-state index contributed by atoms with van der Waals surface area (Å²) in [7, 11) is 0. The van der Waals surface area contributed by atoms with Gasteiger partial charge < -0.3 is 10.2 Å². The molecule has 0 radical (unpaired) electrons. The molecule has 19 heavy (non-hydrogen) atoms. The van der Waals surface area contributed by atoms with Crippen LogP contribution in [-0.4, -0.2) is 35.3 Å². The molecule has 1 saturated carbocycles. The lowest BCUT2D eigenvalue weighted by atomic mass is 9.94. The first-order chi connectivity index (χ1) is 8.90. The number of hydrogen-bond donors (Lipinski definition) is 1. The lowest BCUT2D eigenvalue weighted by molar-refractivity contribution is -0.147. The number of nitrogens with one attached hydrogen (secondary N) is 1. The normalized spacial score (nSPS) is 35.9. The van der Waals surface area contributed by atoms with E-state index in [1.807, 2.05) is 4.90 Å². The average Bonchev–Trinajstić information content (AvgIpc) is 2.64. The minimum absolute atomic E-state index is 0.00277. The van der Waals surface area contributed by atoms with Gasteiger partial charge in [0.15, 0.2) is 0 Å². The predicted molar refractivity (Wildman–Crippen MR) is 74.4 cm³/mol. The second kappa shape index (κ2) is 5.51. The van der Waals surface area contributed by atoms with Crippen LogP contribution in [0, 0.1) is 17.8 Å². The number of hydrogen-bond acceptors (Lipinski definition) is 2. The lowest BCUT2D eigenvalue weighted by Gasteiger charge is -2.39. The highest BCUT2D eigenvalue weighted by atomic mass is 16.2. The molecule has 4 unspecified atom stereocenters. The van der Waals surface area contributed by atoms with Gasteiger partial charge in [-0.25, -0.2) is 0 Å². The molecule has 1 saturated heterocycles. The molecule has 2 rings (SSSR count). The first-order valence-corrected chi connectivity index (χ1v) is 7.50. The minimum atomic E-state index is -0.315. The largest absolute Gasteiger partial charge is 0.343 e. The molecule has 0 aromatic heterocycles. The van der Waals surface area contributed by atoms with Crippen LogP contribution in [0.3, 0.4) is 0 Å². The summed E-state index contributed by atoms with van der Waals surface area (Å²) in [5.74, 6) is 1.67. The summed E-state index contributed by atoms with van der Waals surface area (Å²) in [6.45, 7) is 8.86. The molecular formula is C15H26N2O2. The van der Waals surface area contributed by atoms with Crippen molar-refractivity contribution < 1.29 is 9.59 Å². The molecule has 1 aliphatic heterocycles. The Morgan fingerprint density at radius 1 is 1.26 bits per heavy atom. The van der Waals surface area contributed by atoms with Crippen molar-refractivity contribution in [2.24, 2.45) is 17.8 Å². The maximum atomic E-state index is 12.6. The van der Waals surface area contributed by atoms with E-state index in [2.05, 4.69) is 33.0 Å². The molecule has 0 aromatic carbocycles. The van der Waals surface area contributed by atoms with Crippen LogP contribution >= 0.6 is 0 Å². The first kappa shape index (κ1) is 14.4. The number of carbonyl (C=O) groups excluding carboxylic acids is 2. The average molecular weight is 266 g/mol. The van der Waals surface area contributed by atoms with E-state index >= 15 is 0 Å². The van der Waals surface area contributed by atoms with Gasteiger partial charge in [0.05, 0.1) is 6.54 Å². The van der Waals surface area contributed by atoms with Crippen molar-refractivity contribution in [2.45, 2.75) is 59.0 Å². The van der Waals surface area contributed by atoms with Crippen LogP contribution in [0.1, 0.15) is 47.0 Å². The van der Waals surface area contributed by atoms with Crippen LogP contribution in [-0.2, 0) is 9.59 Å². The maximum absolute atomic E-state index is 12.6. The quantitative estimate of drug-likeness (QED) is 0.846. The Hall–Kier alpha value is -1.06. The highest BCUT2D eigenvalue weighted by molar-refractivity contribution is 5.95. The van der Waals surface area contributed by atoms with Gasteiger partial charge >= 0.3 is 0 Å². The van der Waals surface area contributed by atoms with E-state index in [-0.39, 0.29) is 30.4 Å². The number of piperazine rings is 1. The third-order valence-corrected chi connectivity index (χ3v) is 4.76. The molecule has 1 aliphatic carbocycles. The molecule has 2 aliphatic rings. The summed E-state index contributed by atoms with van der Waals surface area (Å²) in [4.78, 5) is 26.3. The third kappa shape index (κ3) is 2.93. The summed E-state index contributed by atoms with van der Waals surface area (Å²) in [5, 5.41) is 2.85.